The SMILES string of the molecule is CCC(C)Oc1ccc(NC(=O)CN(CC)c2ccccc2)cc1. The van der Waals surface area contributed by atoms with Crippen molar-refractivity contribution in [2.24, 2.45) is 0 Å². The van der Waals surface area contributed by atoms with Crippen molar-refractivity contribution in [1.82, 2.24) is 0 Å². The first kappa shape index (κ1) is 17.9. The topological polar surface area (TPSA) is 41.6 Å². The van der Waals surface area contributed by atoms with Crippen LogP contribution in [0.4, 0.5) is 11.4 Å². The van der Waals surface area contributed by atoms with Crippen molar-refractivity contribution in [3.8, 4) is 5.75 Å². The van der Waals surface area contributed by atoms with Crippen molar-refractivity contribution in [3.05, 3.63) is 54.6 Å². The van der Waals surface area contributed by atoms with Crippen LogP contribution in [0.25, 0.3) is 0 Å². The molecule has 1 amide bonds. The van der Waals surface area contributed by atoms with Gasteiger partial charge >= 0.3 is 0 Å². The van der Waals surface area contributed by atoms with Crippen molar-refractivity contribution in [1.29, 1.82) is 0 Å². The zero-order valence-corrected chi connectivity index (χ0v) is 14.7. The summed E-state index contributed by atoms with van der Waals surface area (Å²) in [7, 11) is 0. The van der Waals surface area contributed by atoms with Crippen LogP contribution in [0.2, 0.25) is 0 Å². The predicted octanol–water partition coefficient (Wildman–Crippen LogP) is 4.33. The fourth-order valence-corrected chi connectivity index (χ4v) is 2.33. The third-order valence-corrected chi connectivity index (χ3v) is 3.89. The summed E-state index contributed by atoms with van der Waals surface area (Å²) in [5, 5.41) is 2.93. The van der Waals surface area contributed by atoms with Gasteiger partial charge in [-0.15, -0.1) is 0 Å². The van der Waals surface area contributed by atoms with E-state index in [1.807, 2.05) is 73.3 Å². The maximum Gasteiger partial charge on any atom is 0.243 e. The molecule has 2 aromatic rings. The first-order valence-corrected chi connectivity index (χ1v) is 8.49. The smallest absolute Gasteiger partial charge is 0.243 e. The average molecular weight is 326 g/mol. The van der Waals surface area contributed by atoms with Gasteiger partial charge in [0.1, 0.15) is 5.75 Å². The molecule has 4 nitrogen and oxygen atoms in total. The van der Waals surface area contributed by atoms with Crippen molar-refractivity contribution in [3.63, 3.8) is 0 Å². The summed E-state index contributed by atoms with van der Waals surface area (Å²) in [5.74, 6) is 0.790. The Morgan fingerprint density at radius 3 is 2.33 bits per heavy atom. The highest BCUT2D eigenvalue weighted by Gasteiger charge is 2.10. The van der Waals surface area contributed by atoms with Crippen LogP contribution < -0.4 is 15.0 Å². The molecule has 0 saturated heterocycles. The lowest BCUT2D eigenvalue weighted by molar-refractivity contribution is -0.115. The number of hydrogen-bond acceptors (Lipinski definition) is 3. The molecule has 2 aromatic carbocycles. The Bertz CT molecular complexity index is 626. The number of benzene rings is 2. The number of likely N-dealkylation sites (N-methyl/N-ethyl adjacent to an activating group) is 1. The lowest BCUT2D eigenvalue weighted by Crippen LogP contribution is -2.33. The van der Waals surface area contributed by atoms with E-state index in [9.17, 15) is 4.79 Å². The van der Waals surface area contributed by atoms with Gasteiger partial charge in [0.05, 0.1) is 12.6 Å². The quantitative estimate of drug-likeness (QED) is 0.785. The second-order valence-electron chi connectivity index (χ2n) is 5.76. The highest BCUT2D eigenvalue weighted by atomic mass is 16.5. The Morgan fingerprint density at radius 1 is 1.08 bits per heavy atom. The van der Waals surface area contributed by atoms with Crippen molar-refractivity contribution >= 4 is 17.3 Å². The zero-order valence-electron chi connectivity index (χ0n) is 14.7. The number of amides is 1. The molecule has 2 rings (SSSR count). The van der Waals surface area contributed by atoms with Gasteiger partial charge in [-0.3, -0.25) is 4.79 Å². The molecule has 1 N–H and O–H groups in total. The normalized spacial score (nSPS) is 11.6. The molecule has 0 saturated carbocycles. The van der Waals surface area contributed by atoms with Crippen molar-refractivity contribution in [2.75, 3.05) is 23.3 Å². The summed E-state index contributed by atoms with van der Waals surface area (Å²) in [6, 6.07) is 17.5. The number of ether oxygens (including phenoxy) is 1. The van der Waals surface area contributed by atoms with Crippen LogP contribution in [0, 0.1) is 0 Å². The van der Waals surface area contributed by atoms with Gasteiger partial charge in [0.2, 0.25) is 5.91 Å². The minimum Gasteiger partial charge on any atom is -0.491 e. The summed E-state index contributed by atoms with van der Waals surface area (Å²) in [4.78, 5) is 14.3. The van der Waals surface area contributed by atoms with Gasteiger partial charge in [0, 0.05) is 17.9 Å². The predicted molar refractivity (Wildman–Crippen MR) is 99.8 cm³/mol. The molecule has 128 valence electrons. The molecule has 4 heteroatoms. The van der Waals surface area contributed by atoms with Crippen LogP contribution in [-0.2, 0) is 4.79 Å². The third kappa shape index (κ3) is 5.30. The Hall–Kier alpha value is -2.49. The number of rotatable bonds is 8. The number of hydrogen-bond donors (Lipinski definition) is 1. The number of nitrogens with one attached hydrogen (secondary N) is 1. The molecule has 0 aromatic heterocycles. The molecule has 0 aliphatic rings. The molecular weight excluding hydrogens is 300 g/mol. The highest BCUT2D eigenvalue weighted by molar-refractivity contribution is 5.94. The molecule has 0 heterocycles. The fraction of sp³-hybridized carbons (Fsp3) is 0.350. The Kier molecular flexibility index (Phi) is 6.67. The van der Waals surface area contributed by atoms with Gasteiger partial charge in [-0.05, 0) is 56.7 Å². The van der Waals surface area contributed by atoms with Gasteiger partial charge in [0.25, 0.3) is 0 Å². The van der Waals surface area contributed by atoms with Crippen LogP contribution in [0.1, 0.15) is 27.2 Å². The first-order chi connectivity index (χ1) is 11.6. The molecule has 0 aliphatic carbocycles. The molecule has 1 unspecified atom stereocenters. The van der Waals surface area contributed by atoms with E-state index in [4.69, 9.17) is 4.74 Å². The van der Waals surface area contributed by atoms with E-state index >= 15 is 0 Å². The molecular formula is C20H26N2O2. The molecule has 24 heavy (non-hydrogen) atoms. The largest absolute Gasteiger partial charge is 0.491 e. The lowest BCUT2D eigenvalue weighted by atomic mass is 10.2. The van der Waals surface area contributed by atoms with Gasteiger partial charge < -0.3 is 15.0 Å². The standard InChI is InChI=1S/C20H26N2O2/c1-4-16(3)24-19-13-11-17(12-14-19)21-20(23)15-22(5-2)18-9-7-6-8-10-18/h6-14,16H,4-5,15H2,1-3H3,(H,21,23). The van der Waals surface area contributed by atoms with Crippen LogP contribution in [0.3, 0.4) is 0 Å². The number of anilines is 2. The maximum absolute atomic E-state index is 12.3. The number of nitrogens with zero attached hydrogens (tertiary/aromatic N) is 1. The fourth-order valence-electron chi connectivity index (χ4n) is 2.33. The average Bonchev–Trinajstić information content (AvgIpc) is 2.62. The minimum absolute atomic E-state index is 0.0312. The third-order valence-electron chi connectivity index (χ3n) is 3.89. The summed E-state index contributed by atoms with van der Waals surface area (Å²) in [6.07, 6.45) is 1.15. The van der Waals surface area contributed by atoms with Crippen molar-refractivity contribution < 1.29 is 9.53 Å². The molecule has 0 fully saturated rings. The zero-order chi connectivity index (χ0) is 17.4. The number of carbonyl (C=O) groups is 1. The minimum atomic E-state index is -0.0312. The highest BCUT2D eigenvalue weighted by Crippen LogP contribution is 2.18. The summed E-state index contributed by atoms with van der Waals surface area (Å²) in [5.41, 5.74) is 1.83. The van der Waals surface area contributed by atoms with E-state index in [1.54, 1.807) is 0 Å². The summed E-state index contributed by atoms with van der Waals surface area (Å²) >= 11 is 0. The van der Waals surface area contributed by atoms with E-state index in [-0.39, 0.29) is 12.0 Å². The second kappa shape index (κ2) is 8.96. The van der Waals surface area contributed by atoms with Crippen LogP contribution in [0.5, 0.6) is 5.75 Å². The van der Waals surface area contributed by atoms with E-state index < -0.39 is 0 Å². The van der Waals surface area contributed by atoms with Gasteiger partial charge in [-0.25, -0.2) is 0 Å². The van der Waals surface area contributed by atoms with Gasteiger partial charge in [-0.1, -0.05) is 25.1 Å². The van der Waals surface area contributed by atoms with Crippen LogP contribution in [-0.4, -0.2) is 25.1 Å². The summed E-state index contributed by atoms with van der Waals surface area (Å²) in [6.45, 7) is 7.27. The van der Waals surface area contributed by atoms with E-state index in [1.165, 1.54) is 0 Å². The molecule has 0 radical (unpaired) electrons. The molecule has 0 spiro atoms. The maximum atomic E-state index is 12.3. The number of para-hydroxylation sites is 1. The lowest BCUT2D eigenvalue weighted by Gasteiger charge is -2.22. The van der Waals surface area contributed by atoms with Gasteiger partial charge in [-0.2, -0.15) is 0 Å². The van der Waals surface area contributed by atoms with Crippen LogP contribution in [0.15, 0.2) is 54.6 Å². The van der Waals surface area contributed by atoms with Gasteiger partial charge in [0.15, 0.2) is 0 Å². The van der Waals surface area contributed by atoms with E-state index in [0.29, 0.717) is 6.54 Å². The van der Waals surface area contributed by atoms with E-state index in [0.717, 1.165) is 30.1 Å². The molecule has 1 atom stereocenters. The second-order valence-corrected chi connectivity index (χ2v) is 5.76. The Morgan fingerprint density at radius 2 is 1.75 bits per heavy atom. The first-order valence-electron chi connectivity index (χ1n) is 8.49. The molecule has 0 bridgehead atoms. The monoisotopic (exact) mass is 326 g/mol. The Balaban J connectivity index is 1.92. The Labute approximate surface area is 144 Å². The number of carbonyl (C=O) groups excluding carboxylic acids is 1. The van der Waals surface area contributed by atoms with E-state index in [2.05, 4.69) is 12.2 Å². The molecule has 0 aliphatic heterocycles. The van der Waals surface area contributed by atoms with Crippen molar-refractivity contribution in [2.45, 2.75) is 33.3 Å². The summed E-state index contributed by atoms with van der Waals surface area (Å²) < 4.78 is 5.74. The van der Waals surface area contributed by atoms with Crippen LogP contribution >= 0.6 is 0 Å².